The summed E-state index contributed by atoms with van der Waals surface area (Å²) in [5.41, 5.74) is 0. The zero-order valence-electron chi connectivity index (χ0n) is 11.2. The van der Waals surface area contributed by atoms with Gasteiger partial charge in [0.05, 0.1) is 0 Å². The summed E-state index contributed by atoms with van der Waals surface area (Å²) >= 11 is 0. The highest BCUT2D eigenvalue weighted by molar-refractivity contribution is 4.62. The second-order valence-corrected chi connectivity index (χ2v) is 4.43. The van der Waals surface area contributed by atoms with Crippen LogP contribution in [0.1, 0.15) is 53.4 Å². The number of unbranched alkanes of at least 4 members (excludes halogenated alkanes) is 1. The summed E-state index contributed by atoms with van der Waals surface area (Å²) in [6.07, 6.45) is 5.21. The van der Waals surface area contributed by atoms with E-state index in [4.69, 9.17) is 0 Å². The average molecular weight is 214 g/mol. The molecular weight excluding hydrogens is 184 g/mol. The Labute approximate surface area is 96.4 Å². The summed E-state index contributed by atoms with van der Waals surface area (Å²) in [7, 11) is 0. The third-order valence-electron chi connectivity index (χ3n) is 2.92. The molecule has 0 aromatic carbocycles. The summed E-state index contributed by atoms with van der Waals surface area (Å²) in [5, 5.41) is 3.58. The molecule has 0 saturated carbocycles. The van der Waals surface area contributed by atoms with Crippen LogP contribution in [0.3, 0.4) is 0 Å². The number of nitrogens with zero attached hydrogens (tertiary/aromatic N) is 1. The number of nitrogens with one attached hydrogen (secondary N) is 1. The largest absolute Gasteiger partial charge is 0.313 e. The molecule has 2 nitrogen and oxygen atoms in total. The number of hydrogen-bond donors (Lipinski definition) is 1. The molecule has 2 heteroatoms. The van der Waals surface area contributed by atoms with Gasteiger partial charge in [-0.15, -0.1) is 0 Å². The molecule has 0 aliphatic carbocycles. The maximum atomic E-state index is 3.58. The predicted molar refractivity (Wildman–Crippen MR) is 69.4 cm³/mol. The number of rotatable bonds is 10. The Bertz CT molecular complexity index is 126. The molecule has 0 radical (unpaired) electrons. The summed E-state index contributed by atoms with van der Waals surface area (Å²) in [6.45, 7) is 13.8. The molecule has 92 valence electrons. The molecule has 15 heavy (non-hydrogen) atoms. The van der Waals surface area contributed by atoms with Crippen LogP contribution in [0, 0.1) is 0 Å². The second kappa shape index (κ2) is 10.4. The fraction of sp³-hybridized carbons (Fsp3) is 1.00. The lowest BCUT2D eigenvalue weighted by molar-refractivity contribution is 0.277. The molecule has 0 fully saturated rings. The minimum atomic E-state index is 0.680. The smallest absolute Gasteiger partial charge is 0.0107 e. The summed E-state index contributed by atoms with van der Waals surface area (Å²) in [4.78, 5) is 2.54. The van der Waals surface area contributed by atoms with Crippen molar-refractivity contribution in [2.24, 2.45) is 0 Å². The molecule has 0 bridgehead atoms. The van der Waals surface area contributed by atoms with Gasteiger partial charge < -0.3 is 10.2 Å². The molecule has 0 aromatic rings. The van der Waals surface area contributed by atoms with Gasteiger partial charge in [-0.2, -0.15) is 0 Å². The van der Waals surface area contributed by atoms with E-state index in [2.05, 4.69) is 37.9 Å². The van der Waals surface area contributed by atoms with E-state index in [1.165, 1.54) is 45.3 Å². The topological polar surface area (TPSA) is 15.3 Å². The standard InChI is InChI=1S/C13H30N2/c1-5-8-11-15(7-3)12-10-14-13(4)9-6-2/h13-14H,5-12H2,1-4H3. The molecule has 0 spiro atoms. The van der Waals surface area contributed by atoms with Crippen molar-refractivity contribution in [2.75, 3.05) is 26.2 Å². The number of likely N-dealkylation sites (N-methyl/N-ethyl adjacent to an activating group) is 1. The fourth-order valence-electron chi connectivity index (χ4n) is 1.81. The molecule has 0 aromatic heterocycles. The number of hydrogen-bond acceptors (Lipinski definition) is 2. The van der Waals surface area contributed by atoms with E-state index in [9.17, 15) is 0 Å². The molecule has 1 unspecified atom stereocenters. The first-order valence-corrected chi connectivity index (χ1v) is 6.70. The van der Waals surface area contributed by atoms with Crippen molar-refractivity contribution in [1.82, 2.24) is 10.2 Å². The van der Waals surface area contributed by atoms with Crippen molar-refractivity contribution in [3.8, 4) is 0 Å². The van der Waals surface area contributed by atoms with Gasteiger partial charge in [0.15, 0.2) is 0 Å². The highest BCUT2D eigenvalue weighted by Gasteiger charge is 2.02. The lowest BCUT2D eigenvalue weighted by Gasteiger charge is -2.21. The van der Waals surface area contributed by atoms with E-state index in [-0.39, 0.29) is 0 Å². The lowest BCUT2D eigenvalue weighted by Crippen LogP contribution is -2.36. The van der Waals surface area contributed by atoms with Crippen molar-refractivity contribution in [3.63, 3.8) is 0 Å². The van der Waals surface area contributed by atoms with Gasteiger partial charge in [-0.05, 0) is 32.9 Å². The van der Waals surface area contributed by atoms with Gasteiger partial charge in [-0.3, -0.25) is 0 Å². The van der Waals surface area contributed by atoms with Crippen LogP contribution in [0.15, 0.2) is 0 Å². The molecule has 0 aliphatic heterocycles. The zero-order valence-corrected chi connectivity index (χ0v) is 11.2. The van der Waals surface area contributed by atoms with E-state index in [0.29, 0.717) is 6.04 Å². The second-order valence-electron chi connectivity index (χ2n) is 4.43. The Morgan fingerprint density at radius 2 is 1.80 bits per heavy atom. The van der Waals surface area contributed by atoms with Gasteiger partial charge in [0.25, 0.3) is 0 Å². The maximum absolute atomic E-state index is 3.58. The van der Waals surface area contributed by atoms with Crippen LogP contribution in [0.2, 0.25) is 0 Å². The molecule has 0 heterocycles. The van der Waals surface area contributed by atoms with Crippen molar-refractivity contribution < 1.29 is 0 Å². The van der Waals surface area contributed by atoms with Crippen LogP contribution in [-0.4, -0.2) is 37.1 Å². The van der Waals surface area contributed by atoms with Gasteiger partial charge in [0.2, 0.25) is 0 Å². The Morgan fingerprint density at radius 1 is 1.07 bits per heavy atom. The molecule has 0 saturated heterocycles. The van der Waals surface area contributed by atoms with Crippen molar-refractivity contribution in [1.29, 1.82) is 0 Å². The van der Waals surface area contributed by atoms with Gasteiger partial charge in [0.1, 0.15) is 0 Å². The van der Waals surface area contributed by atoms with Crippen LogP contribution in [0.5, 0.6) is 0 Å². The zero-order chi connectivity index (χ0) is 11.5. The Hall–Kier alpha value is -0.0800. The monoisotopic (exact) mass is 214 g/mol. The minimum Gasteiger partial charge on any atom is -0.313 e. The van der Waals surface area contributed by atoms with Crippen LogP contribution in [-0.2, 0) is 0 Å². The first-order valence-electron chi connectivity index (χ1n) is 6.70. The average Bonchev–Trinajstić information content (AvgIpc) is 2.23. The van der Waals surface area contributed by atoms with E-state index in [1.807, 2.05) is 0 Å². The quantitative estimate of drug-likeness (QED) is 0.601. The van der Waals surface area contributed by atoms with Gasteiger partial charge >= 0.3 is 0 Å². The Kier molecular flexibility index (Phi) is 10.4. The Morgan fingerprint density at radius 3 is 2.33 bits per heavy atom. The molecule has 1 atom stereocenters. The van der Waals surface area contributed by atoms with Crippen LogP contribution in [0.4, 0.5) is 0 Å². The van der Waals surface area contributed by atoms with E-state index in [1.54, 1.807) is 0 Å². The van der Waals surface area contributed by atoms with Crippen molar-refractivity contribution in [3.05, 3.63) is 0 Å². The molecule has 1 N–H and O–H groups in total. The fourth-order valence-corrected chi connectivity index (χ4v) is 1.81. The molecular formula is C13H30N2. The first kappa shape index (κ1) is 14.9. The predicted octanol–water partition coefficient (Wildman–Crippen LogP) is 2.89. The lowest BCUT2D eigenvalue weighted by atomic mass is 10.2. The minimum absolute atomic E-state index is 0.680. The molecule has 0 aliphatic rings. The Balaban J connectivity index is 3.44. The van der Waals surface area contributed by atoms with Crippen LogP contribution >= 0.6 is 0 Å². The first-order chi connectivity index (χ1) is 7.24. The normalized spacial score (nSPS) is 13.4. The van der Waals surface area contributed by atoms with Gasteiger partial charge in [-0.25, -0.2) is 0 Å². The van der Waals surface area contributed by atoms with E-state index >= 15 is 0 Å². The SMILES string of the molecule is CCCCN(CC)CCNC(C)CCC. The highest BCUT2D eigenvalue weighted by atomic mass is 15.1. The van der Waals surface area contributed by atoms with Gasteiger partial charge in [-0.1, -0.05) is 33.6 Å². The molecule has 0 rings (SSSR count). The summed E-state index contributed by atoms with van der Waals surface area (Å²) in [5.74, 6) is 0. The summed E-state index contributed by atoms with van der Waals surface area (Å²) in [6, 6.07) is 0.680. The van der Waals surface area contributed by atoms with Crippen LogP contribution in [0.25, 0.3) is 0 Å². The molecule has 0 amide bonds. The highest BCUT2D eigenvalue weighted by Crippen LogP contribution is 1.96. The van der Waals surface area contributed by atoms with E-state index in [0.717, 1.165) is 6.54 Å². The van der Waals surface area contributed by atoms with Gasteiger partial charge in [0, 0.05) is 19.1 Å². The summed E-state index contributed by atoms with van der Waals surface area (Å²) < 4.78 is 0. The third-order valence-corrected chi connectivity index (χ3v) is 2.92. The van der Waals surface area contributed by atoms with Crippen molar-refractivity contribution in [2.45, 2.75) is 59.4 Å². The van der Waals surface area contributed by atoms with E-state index < -0.39 is 0 Å². The third kappa shape index (κ3) is 8.88. The van der Waals surface area contributed by atoms with Crippen molar-refractivity contribution >= 4 is 0 Å². The van der Waals surface area contributed by atoms with Crippen LogP contribution < -0.4 is 5.32 Å². The maximum Gasteiger partial charge on any atom is 0.0107 e.